The third-order valence-corrected chi connectivity index (χ3v) is 6.53. The molecule has 0 bridgehead atoms. The quantitative estimate of drug-likeness (QED) is 0.135. The Bertz CT molecular complexity index is 1090. The van der Waals surface area contributed by atoms with Gasteiger partial charge in [0.25, 0.3) is 20.2 Å². The Hall–Kier alpha value is -3.34. The molecule has 0 aliphatic rings. The van der Waals surface area contributed by atoms with Crippen molar-refractivity contribution in [3.8, 4) is 0 Å². The summed E-state index contributed by atoms with van der Waals surface area (Å²) in [6.07, 6.45) is 0. The Morgan fingerprint density at radius 1 is 0.727 bits per heavy atom. The molecule has 0 heterocycles. The van der Waals surface area contributed by atoms with Gasteiger partial charge in [-0.15, -0.1) is 0 Å². The number of hydrogen-bond donors (Lipinski definition) is 0. The van der Waals surface area contributed by atoms with Crippen molar-refractivity contribution in [2.24, 2.45) is 10.6 Å². The molecule has 0 amide bonds. The van der Waals surface area contributed by atoms with E-state index < -0.39 is 48.8 Å². The summed E-state index contributed by atoms with van der Waals surface area (Å²) in [6, 6.07) is 13.6. The smallest absolute Gasteiger partial charge is 0.472 e. The molecule has 0 aliphatic carbocycles. The second-order valence-corrected chi connectivity index (χ2v) is 9.35. The van der Waals surface area contributed by atoms with Gasteiger partial charge in [-0.3, -0.25) is 8.37 Å². The van der Waals surface area contributed by atoms with Crippen LogP contribution in [0.3, 0.4) is 0 Å². The zero-order valence-corrected chi connectivity index (χ0v) is 19.0. The van der Waals surface area contributed by atoms with Crippen LogP contribution < -0.4 is 0 Å². The predicted molar refractivity (Wildman–Crippen MR) is 108 cm³/mol. The number of hydrogen-bond acceptors (Lipinski definition) is 12. The fourth-order valence-electron chi connectivity index (χ4n) is 2.29. The van der Waals surface area contributed by atoms with E-state index in [1.54, 1.807) is 12.1 Å². The molecule has 33 heavy (non-hydrogen) atoms. The van der Waals surface area contributed by atoms with Crippen molar-refractivity contribution in [2.45, 2.75) is 15.5 Å². The molecule has 2 aromatic rings. The van der Waals surface area contributed by atoms with Crippen LogP contribution in [0.2, 0.25) is 0 Å². The maximum atomic E-state index is 12.6. The molecule has 2 aromatic carbocycles. The predicted octanol–water partition coefficient (Wildman–Crippen LogP) is 1.54. The normalized spacial score (nSPS) is 13.5. The van der Waals surface area contributed by atoms with Gasteiger partial charge in [0.2, 0.25) is 23.8 Å². The van der Waals surface area contributed by atoms with Gasteiger partial charge in [0.05, 0.1) is 9.79 Å². The minimum atomic E-state index is -4.50. The standard InChI is InChI=1S/C17H20N4O10S2/c1-28-18-20(22)17(21(23)19-29-2,13-30-32(24,25)15-9-5-3-6-10-15)14-31-33(26,27)16-11-7-4-8-12-16/h3-12H,13-14H2,1-2H3/b20-18-,21-19-. The summed E-state index contributed by atoms with van der Waals surface area (Å²) in [4.78, 5) is 7.24. The molecule has 14 nitrogen and oxygen atoms in total. The van der Waals surface area contributed by atoms with E-state index in [4.69, 9.17) is 8.37 Å². The summed E-state index contributed by atoms with van der Waals surface area (Å²) >= 11 is 0. The molecule has 180 valence electrons. The van der Waals surface area contributed by atoms with Gasteiger partial charge in [-0.05, 0) is 24.3 Å². The summed E-state index contributed by atoms with van der Waals surface area (Å²) in [7, 11) is -7.08. The van der Waals surface area contributed by atoms with E-state index in [1.165, 1.54) is 48.5 Å². The fraction of sp³-hybridized carbons (Fsp3) is 0.294. The molecule has 0 aliphatic heterocycles. The van der Waals surface area contributed by atoms with Crippen molar-refractivity contribution in [2.75, 3.05) is 27.4 Å². The number of rotatable bonds is 12. The Morgan fingerprint density at radius 3 is 1.36 bits per heavy atom. The number of nitrogens with zero attached hydrogens (tertiary/aromatic N) is 4. The minimum absolute atomic E-state index is 0.293. The zero-order chi connectivity index (χ0) is 24.5. The number of hydroxylamine groups is 2. The summed E-state index contributed by atoms with van der Waals surface area (Å²) in [5.74, 6) is 0. The largest absolute Gasteiger partial charge is 0.592 e. The van der Waals surface area contributed by atoms with Gasteiger partial charge >= 0.3 is 5.66 Å². The third kappa shape index (κ3) is 6.35. The highest BCUT2D eigenvalue weighted by Crippen LogP contribution is 2.22. The molecule has 0 atom stereocenters. The lowest BCUT2D eigenvalue weighted by Crippen LogP contribution is -2.55. The van der Waals surface area contributed by atoms with Crippen molar-refractivity contribution in [1.29, 1.82) is 0 Å². The van der Waals surface area contributed by atoms with Gasteiger partial charge in [0.15, 0.2) is 0 Å². The first-order chi connectivity index (χ1) is 15.6. The first-order valence-corrected chi connectivity index (χ1v) is 11.7. The van der Waals surface area contributed by atoms with Crippen LogP contribution in [0.15, 0.2) is 81.0 Å². The van der Waals surface area contributed by atoms with Gasteiger partial charge in [-0.2, -0.15) is 16.8 Å². The minimum Gasteiger partial charge on any atom is -0.592 e. The van der Waals surface area contributed by atoms with Crippen molar-refractivity contribution < 1.29 is 44.6 Å². The molecule has 0 saturated heterocycles. The molecular formula is C17H20N4O10S2. The van der Waals surface area contributed by atoms with Crippen LogP contribution in [0.1, 0.15) is 0 Å². The summed E-state index contributed by atoms with van der Waals surface area (Å²) in [6.45, 7) is -2.55. The summed E-state index contributed by atoms with van der Waals surface area (Å²) in [5, 5.41) is 31.2. The first-order valence-electron chi connectivity index (χ1n) is 8.91. The average molecular weight is 504 g/mol. The van der Waals surface area contributed by atoms with Gasteiger partial charge in [0.1, 0.15) is 14.2 Å². The SMILES string of the molecule is CO/N=[N+](\[O-])C(COS(=O)(=O)c1ccccc1)(COS(=O)(=O)c1ccccc1)/[N+]([O-])=N/OC. The summed E-state index contributed by atoms with van der Waals surface area (Å²) < 4.78 is 59.8. The molecule has 0 aromatic heterocycles. The van der Waals surface area contributed by atoms with Crippen molar-refractivity contribution in [3.05, 3.63) is 71.1 Å². The molecule has 0 fully saturated rings. The highest BCUT2D eigenvalue weighted by Gasteiger charge is 2.57. The maximum Gasteiger partial charge on any atom is 0.472 e. The highest BCUT2D eigenvalue weighted by atomic mass is 32.2. The van der Waals surface area contributed by atoms with Crippen LogP contribution in [0.5, 0.6) is 0 Å². The van der Waals surface area contributed by atoms with Gasteiger partial charge in [-0.1, -0.05) is 36.4 Å². The first kappa shape index (κ1) is 25.9. The Morgan fingerprint density at radius 2 is 1.06 bits per heavy atom. The van der Waals surface area contributed by atoms with Gasteiger partial charge < -0.3 is 20.1 Å². The lowest BCUT2D eigenvalue weighted by atomic mass is 10.2. The Labute approximate surface area is 189 Å². The van der Waals surface area contributed by atoms with Gasteiger partial charge in [-0.25, -0.2) is 0 Å². The van der Waals surface area contributed by atoms with E-state index in [0.29, 0.717) is 0 Å². The lowest BCUT2D eigenvalue weighted by Gasteiger charge is -2.23. The molecule has 0 unspecified atom stereocenters. The summed E-state index contributed by atoms with van der Waals surface area (Å²) in [5.41, 5.74) is -2.84. The van der Waals surface area contributed by atoms with E-state index in [1.807, 2.05) is 0 Å². The topological polar surface area (TPSA) is 182 Å². The molecular weight excluding hydrogens is 484 g/mol. The van der Waals surface area contributed by atoms with E-state index in [9.17, 15) is 27.3 Å². The lowest BCUT2D eigenvalue weighted by molar-refractivity contribution is -0.847. The van der Waals surface area contributed by atoms with Crippen LogP contribution in [0, 0.1) is 10.4 Å². The molecule has 0 saturated carbocycles. The Balaban J connectivity index is 2.47. The third-order valence-electron chi connectivity index (χ3n) is 3.98. The molecule has 0 radical (unpaired) electrons. The van der Waals surface area contributed by atoms with Crippen molar-refractivity contribution in [1.82, 2.24) is 0 Å². The zero-order valence-electron chi connectivity index (χ0n) is 17.4. The van der Waals surface area contributed by atoms with E-state index in [0.717, 1.165) is 14.2 Å². The second-order valence-electron chi connectivity index (χ2n) is 6.12. The van der Waals surface area contributed by atoms with E-state index >= 15 is 0 Å². The van der Waals surface area contributed by atoms with Crippen LogP contribution in [0.4, 0.5) is 0 Å². The van der Waals surface area contributed by atoms with Crippen molar-refractivity contribution >= 4 is 20.2 Å². The average Bonchev–Trinajstić information content (AvgIpc) is 2.81. The Kier molecular flexibility index (Phi) is 8.63. The molecule has 2 rings (SSSR count). The van der Waals surface area contributed by atoms with Crippen LogP contribution in [-0.2, 0) is 38.3 Å². The van der Waals surface area contributed by atoms with Crippen LogP contribution >= 0.6 is 0 Å². The second kappa shape index (κ2) is 11.0. The molecule has 0 N–H and O–H groups in total. The van der Waals surface area contributed by atoms with E-state index in [-0.39, 0.29) is 9.79 Å². The number of benzene rings is 2. The monoisotopic (exact) mass is 504 g/mol. The fourth-order valence-corrected chi connectivity index (χ4v) is 4.23. The van der Waals surface area contributed by atoms with Crippen LogP contribution in [-0.4, -0.2) is 59.7 Å². The van der Waals surface area contributed by atoms with Crippen molar-refractivity contribution in [3.63, 3.8) is 0 Å². The van der Waals surface area contributed by atoms with Gasteiger partial charge in [0, 0.05) is 9.72 Å². The van der Waals surface area contributed by atoms with Crippen LogP contribution in [0.25, 0.3) is 0 Å². The van der Waals surface area contributed by atoms with E-state index in [2.05, 4.69) is 20.2 Å². The maximum absolute atomic E-state index is 12.6. The molecule has 0 spiro atoms. The molecule has 16 heteroatoms. The highest BCUT2D eigenvalue weighted by molar-refractivity contribution is 7.87.